The van der Waals surface area contributed by atoms with E-state index < -0.39 is 28.5 Å². The van der Waals surface area contributed by atoms with Crippen LogP contribution in [-0.4, -0.2) is 44.3 Å². The van der Waals surface area contributed by atoms with Crippen LogP contribution in [-0.2, 0) is 32.6 Å². The number of aryl methyl sites for hydroxylation is 2. The third kappa shape index (κ3) is 8.85. The van der Waals surface area contributed by atoms with Crippen molar-refractivity contribution in [2.24, 2.45) is 5.92 Å². The summed E-state index contributed by atoms with van der Waals surface area (Å²) in [6.07, 6.45) is 0.265. The van der Waals surface area contributed by atoms with E-state index >= 15 is 0 Å². The van der Waals surface area contributed by atoms with Crippen LogP contribution in [0.25, 0.3) is 0 Å². The summed E-state index contributed by atoms with van der Waals surface area (Å²) >= 11 is 3.47. The Morgan fingerprint density at radius 1 is 0.804 bits per heavy atom. The molecule has 0 radical (unpaired) electrons. The first-order chi connectivity index (χ1) is 21.9. The normalized spacial score (nSPS) is 12.1. The Morgan fingerprint density at radius 3 is 2.09 bits per heavy atom. The molecule has 4 aromatic carbocycles. The van der Waals surface area contributed by atoms with Crippen molar-refractivity contribution in [1.29, 1.82) is 0 Å². The van der Waals surface area contributed by atoms with Crippen molar-refractivity contribution in [3.05, 3.63) is 129 Å². The standard InChI is InChI=1S/C37H42BrN3O4S/c1-26(2)23-39-37(43)35(22-30-11-7-6-8-12-30)40(24-31-16-18-32(38)19-17-31)36(42)25-41(34-13-9-10-28(4)29(34)5)46(44,45)33-20-14-27(3)15-21-33/h6-21,26,35H,22-25H2,1-5H3,(H,39,43)/t35-/m0/s1. The summed E-state index contributed by atoms with van der Waals surface area (Å²) in [5.41, 5.74) is 4.69. The van der Waals surface area contributed by atoms with Gasteiger partial charge in [0.05, 0.1) is 10.6 Å². The van der Waals surface area contributed by atoms with Crippen molar-refractivity contribution in [2.45, 2.75) is 58.5 Å². The third-order valence-corrected chi connectivity index (χ3v) is 10.3. The molecule has 9 heteroatoms. The lowest BCUT2D eigenvalue weighted by molar-refractivity contribution is -0.140. The lowest BCUT2D eigenvalue weighted by Gasteiger charge is -2.34. The molecule has 0 aliphatic carbocycles. The Labute approximate surface area is 281 Å². The van der Waals surface area contributed by atoms with Gasteiger partial charge in [-0.05, 0) is 79.3 Å². The molecule has 0 aliphatic rings. The number of hydrogen-bond donors (Lipinski definition) is 1. The molecule has 0 saturated carbocycles. The van der Waals surface area contributed by atoms with Crippen molar-refractivity contribution < 1.29 is 18.0 Å². The van der Waals surface area contributed by atoms with Crippen LogP contribution in [0.5, 0.6) is 0 Å². The zero-order valence-corrected chi connectivity index (χ0v) is 29.4. The highest BCUT2D eigenvalue weighted by molar-refractivity contribution is 9.10. The molecule has 7 nitrogen and oxygen atoms in total. The quantitative estimate of drug-likeness (QED) is 0.163. The molecular weight excluding hydrogens is 662 g/mol. The second-order valence-corrected chi connectivity index (χ2v) is 14.8. The molecule has 1 N–H and O–H groups in total. The summed E-state index contributed by atoms with van der Waals surface area (Å²) in [5, 5.41) is 3.02. The molecule has 0 fully saturated rings. The maximum absolute atomic E-state index is 14.6. The van der Waals surface area contributed by atoms with Crippen LogP contribution in [0.2, 0.25) is 0 Å². The summed E-state index contributed by atoms with van der Waals surface area (Å²) in [7, 11) is -4.16. The maximum atomic E-state index is 14.6. The molecule has 0 heterocycles. The van der Waals surface area contributed by atoms with Gasteiger partial charge >= 0.3 is 0 Å². The number of carbonyl (C=O) groups excluding carboxylic acids is 2. The van der Waals surface area contributed by atoms with Crippen LogP contribution in [0, 0.1) is 26.7 Å². The van der Waals surface area contributed by atoms with Gasteiger partial charge in [-0.25, -0.2) is 8.42 Å². The minimum Gasteiger partial charge on any atom is -0.354 e. The highest BCUT2D eigenvalue weighted by Gasteiger charge is 2.35. The molecule has 0 bridgehead atoms. The van der Waals surface area contributed by atoms with Gasteiger partial charge in [-0.2, -0.15) is 0 Å². The number of anilines is 1. The smallest absolute Gasteiger partial charge is 0.264 e. The highest BCUT2D eigenvalue weighted by Crippen LogP contribution is 2.29. The van der Waals surface area contributed by atoms with Crippen molar-refractivity contribution in [2.75, 3.05) is 17.4 Å². The zero-order chi connectivity index (χ0) is 33.4. The van der Waals surface area contributed by atoms with Gasteiger partial charge in [0, 0.05) is 24.0 Å². The van der Waals surface area contributed by atoms with Gasteiger partial charge in [0.25, 0.3) is 10.0 Å². The fourth-order valence-electron chi connectivity index (χ4n) is 5.12. The first kappa shape index (κ1) is 34.9. The Morgan fingerprint density at radius 2 is 1.46 bits per heavy atom. The van der Waals surface area contributed by atoms with Crippen LogP contribution >= 0.6 is 15.9 Å². The third-order valence-electron chi connectivity index (χ3n) is 7.95. The van der Waals surface area contributed by atoms with E-state index in [1.165, 1.54) is 9.21 Å². The van der Waals surface area contributed by atoms with Gasteiger partial charge in [-0.15, -0.1) is 0 Å². The van der Waals surface area contributed by atoms with Crippen molar-refractivity contribution in [3.63, 3.8) is 0 Å². The van der Waals surface area contributed by atoms with Gasteiger partial charge in [-0.1, -0.05) is 102 Å². The van der Waals surface area contributed by atoms with E-state index in [0.717, 1.165) is 32.3 Å². The lowest BCUT2D eigenvalue weighted by atomic mass is 10.0. The summed E-state index contributed by atoms with van der Waals surface area (Å²) in [6.45, 7) is 9.74. The molecule has 0 aliphatic heterocycles. The topological polar surface area (TPSA) is 86.8 Å². The van der Waals surface area contributed by atoms with E-state index in [0.29, 0.717) is 12.2 Å². The monoisotopic (exact) mass is 703 g/mol. The first-order valence-electron chi connectivity index (χ1n) is 15.4. The number of amides is 2. The Kier molecular flexibility index (Phi) is 11.8. The molecule has 0 aromatic heterocycles. The van der Waals surface area contributed by atoms with E-state index in [9.17, 15) is 18.0 Å². The van der Waals surface area contributed by atoms with E-state index in [1.807, 2.05) is 95.3 Å². The van der Waals surface area contributed by atoms with E-state index in [4.69, 9.17) is 0 Å². The number of hydrogen-bond acceptors (Lipinski definition) is 4. The summed E-state index contributed by atoms with van der Waals surface area (Å²) in [4.78, 5) is 30.1. The number of carbonyl (C=O) groups is 2. The summed E-state index contributed by atoms with van der Waals surface area (Å²) in [5.74, 6) is -0.570. The molecule has 2 amide bonds. The molecule has 0 spiro atoms. The van der Waals surface area contributed by atoms with Crippen molar-refractivity contribution in [3.8, 4) is 0 Å². The lowest BCUT2D eigenvalue weighted by Crippen LogP contribution is -2.53. The van der Waals surface area contributed by atoms with Crippen molar-refractivity contribution >= 4 is 43.5 Å². The van der Waals surface area contributed by atoms with Gasteiger partial charge in [0.2, 0.25) is 11.8 Å². The predicted molar refractivity (Wildman–Crippen MR) is 188 cm³/mol. The van der Waals surface area contributed by atoms with Gasteiger partial charge in [-0.3, -0.25) is 13.9 Å². The largest absolute Gasteiger partial charge is 0.354 e. The molecule has 0 saturated heterocycles. The van der Waals surface area contributed by atoms with Crippen LogP contribution in [0.1, 0.15) is 41.7 Å². The predicted octanol–water partition coefficient (Wildman–Crippen LogP) is 6.98. The van der Waals surface area contributed by atoms with Crippen molar-refractivity contribution in [1.82, 2.24) is 10.2 Å². The van der Waals surface area contributed by atoms with Crippen LogP contribution in [0.15, 0.2) is 106 Å². The van der Waals surface area contributed by atoms with Gasteiger partial charge in [0.1, 0.15) is 12.6 Å². The zero-order valence-electron chi connectivity index (χ0n) is 27.0. The maximum Gasteiger partial charge on any atom is 0.264 e. The molecular formula is C37H42BrN3O4S. The van der Waals surface area contributed by atoms with E-state index in [-0.39, 0.29) is 29.7 Å². The molecule has 46 heavy (non-hydrogen) atoms. The van der Waals surface area contributed by atoms with Gasteiger partial charge in [0.15, 0.2) is 0 Å². The van der Waals surface area contributed by atoms with Crippen LogP contribution in [0.3, 0.4) is 0 Å². The number of nitrogens with zero attached hydrogens (tertiary/aromatic N) is 2. The summed E-state index contributed by atoms with van der Waals surface area (Å²) < 4.78 is 30.7. The van der Waals surface area contributed by atoms with Crippen LogP contribution < -0.4 is 9.62 Å². The SMILES string of the molecule is Cc1ccc(S(=O)(=O)N(CC(=O)N(Cc2ccc(Br)cc2)[C@@H](Cc2ccccc2)C(=O)NCC(C)C)c2cccc(C)c2C)cc1. The molecule has 0 unspecified atom stereocenters. The average Bonchev–Trinajstić information content (AvgIpc) is 3.03. The number of nitrogens with one attached hydrogen (secondary N) is 1. The summed E-state index contributed by atoms with van der Waals surface area (Å²) in [6, 6.07) is 28.2. The molecule has 4 rings (SSSR count). The number of rotatable bonds is 13. The second-order valence-electron chi connectivity index (χ2n) is 12.0. The molecule has 4 aromatic rings. The minimum absolute atomic E-state index is 0.0850. The number of sulfonamides is 1. The second kappa shape index (κ2) is 15.6. The first-order valence-corrected chi connectivity index (χ1v) is 17.6. The van der Waals surface area contributed by atoms with E-state index in [1.54, 1.807) is 36.4 Å². The van der Waals surface area contributed by atoms with Gasteiger partial charge < -0.3 is 10.2 Å². The van der Waals surface area contributed by atoms with E-state index in [2.05, 4.69) is 21.2 Å². The molecule has 1 atom stereocenters. The fourth-order valence-corrected chi connectivity index (χ4v) is 6.86. The Hall–Kier alpha value is -3.95. The fraction of sp³-hybridized carbons (Fsp3) is 0.297. The number of benzene rings is 4. The Balaban J connectivity index is 1.82. The number of halogens is 1. The van der Waals surface area contributed by atoms with Crippen LogP contribution in [0.4, 0.5) is 5.69 Å². The minimum atomic E-state index is -4.16. The average molecular weight is 705 g/mol. The highest BCUT2D eigenvalue weighted by atomic mass is 79.9. The Bertz CT molecular complexity index is 1740. The molecule has 242 valence electrons.